The maximum atomic E-state index is 12.7. The Morgan fingerprint density at radius 1 is 1.32 bits per heavy atom. The van der Waals surface area contributed by atoms with Gasteiger partial charge in [-0.3, -0.25) is 9.59 Å². The quantitative estimate of drug-likeness (QED) is 0.870. The van der Waals surface area contributed by atoms with E-state index in [2.05, 4.69) is 10.3 Å². The lowest BCUT2D eigenvalue weighted by atomic mass is 10.1. The second kappa shape index (κ2) is 7.69. The van der Waals surface area contributed by atoms with Gasteiger partial charge < -0.3 is 10.0 Å². The summed E-state index contributed by atoms with van der Waals surface area (Å²) < 4.78 is 1.71. The highest BCUT2D eigenvalue weighted by Crippen LogP contribution is 2.21. The van der Waals surface area contributed by atoms with E-state index in [-0.39, 0.29) is 24.8 Å². The molecule has 1 amide bonds. The zero-order chi connectivity index (χ0) is 17.8. The molecule has 0 bridgehead atoms. The SMILES string of the molecule is Cc1c(CC(=O)N2CCSCC2CC(=O)O)nnn1-c1ccccc1. The van der Waals surface area contributed by atoms with Crippen molar-refractivity contribution in [3.63, 3.8) is 0 Å². The van der Waals surface area contributed by atoms with E-state index in [4.69, 9.17) is 5.11 Å². The number of para-hydroxylation sites is 1. The molecule has 1 N–H and O–H groups in total. The number of benzene rings is 1. The first-order valence-electron chi connectivity index (χ1n) is 8.12. The lowest BCUT2D eigenvalue weighted by Crippen LogP contribution is -2.47. The first-order chi connectivity index (χ1) is 12.1. The Kier molecular flexibility index (Phi) is 5.37. The second-order valence-corrected chi connectivity index (χ2v) is 7.11. The summed E-state index contributed by atoms with van der Waals surface area (Å²) in [5.74, 6) is 0.525. The van der Waals surface area contributed by atoms with Gasteiger partial charge in [-0.25, -0.2) is 4.68 Å². The smallest absolute Gasteiger partial charge is 0.305 e. The lowest BCUT2D eigenvalue weighted by molar-refractivity contribution is -0.140. The van der Waals surface area contributed by atoms with Crippen molar-refractivity contribution in [2.45, 2.75) is 25.8 Å². The molecule has 132 valence electrons. The lowest BCUT2D eigenvalue weighted by Gasteiger charge is -2.34. The highest BCUT2D eigenvalue weighted by atomic mass is 32.2. The van der Waals surface area contributed by atoms with E-state index in [9.17, 15) is 9.59 Å². The number of hydrogen-bond acceptors (Lipinski definition) is 5. The summed E-state index contributed by atoms with van der Waals surface area (Å²) in [7, 11) is 0. The number of amides is 1. The van der Waals surface area contributed by atoms with Crippen LogP contribution in [0.4, 0.5) is 0 Å². The van der Waals surface area contributed by atoms with Gasteiger partial charge in [-0.15, -0.1) is 5.10 Å². The monoisotopic (exact) mass is 360 g/mol. The molecule has 1 aliphatic rings. The van der Waals surface area contributed by atoms with Crippen LogP contribution in [0.25, 0.3) is 5.69 Å². The van der Waals surface area contributed by atoms with Crippen molar-refractivity contribution in [1.29, 1.82) is 0 Å². The van der Waals surface area contributed by atoms with E-state index in [0.717, 1.165) is 17.1 Å². The number of thioether (sulfide) groups is 1. The number of carboxylic acid groups (broad SMARTS) is 1. The van der Waals surface area contributed by atoms with Crippen LogP contribution in [0.3, 0.4) is 0 Å². The molecule has 2 aromatic rings. The first-order valence-corrected chi connectivity index (χ1v) is 9.27. The molecule has 1 aliphatic heterocycles. The Hall–Kier alpha value is -2.35. The highest BCUT2D eigenvalue weighted by Gasteiger charge is 2.29. The molecule has 1 fully saturated rings. The Balaban J connectivity index is 1.74. The summed E-state index contributed by atoms with van der Waals surface area (Å²) in [5.41, 5.74) is 2.34. The van der Waals surface area contributed by atoms with E-state index in [1.54, 1.807) is 21.3 Å². The zero-order valence-electron chi connectivity index (χ0n) is 14.0. The number of aliphatic carboxylic acids is 1. The molecule has 0 radical (unpaired) electrons. The van der Waals surface area contributed by atoms with Gasteiger partial charge in [-0.1, -0.05) is 23.4 Å². The molecule has 0 saturated carbocycles. The summed E-state index contributed by atoms with van der Waals surface area (Å²) in [6.45, 7) is 2.46. The van der Waals surface area contributed by atoms with Crippen molar-refractivity contribution in [1.82, 2.24) is 19.9 Å². The Labute approximate surface area is 150 Å². The van der Waals surface area contributed by atoms with Crippen LogP contribution >= 0.6 is 11.8 Å². The third-order valence-corrected chi connectivity index (χ3v) is 5.36. The minimum absolute atomic E-state index is 0.0194. The number of carboxylic acids is 1. The van der Waals surface area contributed by atoms with Crippen LogP contribution in [-0.4, -0.2) is 61.0 Å². The fourth-order valence-corrected chi connectivity index (χ4v) is 4.00. The van der Waals surface area contributed by atoms with Crippen LogP contribution in [0.1, 0.15) is 17.8 Å². The van der Waals surface area contributed by atoms with Gasteiger partial charge in [0.2, 0.25) is 5.91 Å². The van der Waals surface area contributed by atoms with Gasteiger partial charge in [-0.05, 0) is 19.1 Å². The molecule has 3 rings (SSSR count). The molecular formula is C17H20N4O3S. The molecule has 2 heterocycles. The Morgan fingerprint density at radius 3 is 2.80 bits per heavy atom. The van der Waals surface area contributed by atoms with Crippen molar-refractivity contribution in [2.75, 3.05) is 18.1 Å². The van der Waals surface area contributed by atoms with Gasteiger partial charge in [0.25, 0.3) is 0 Å². The third-order valence-electron chi connectivity index (χ3n) is 4.27. The van der Waals surface area contributed by atoms with Crippen molar-refractivity contribution in [3.05, 3.63) is 41.7 Å². The van der Waals surface area contributed by atoms with Crippen LogP contribution in [0.5, 0.6) is 0 Å². The van der Waals surface area contributed by atoms with Gasteiger partial charge in [-0.2, -0.15) is 11.8 Å². The standard InChI is InChI=1S/C17H20N4O3S/c1-12-15(18-19-21(12)13-5-3-2-4-6-13)10-16(22)20-7-8-25-11-14(20)9-17(23)24/h2-6,14H,7-11H2,1H3,(H,23,24). The van der Waals surface area contributed by atoms with Crippen LogP contribution in [-0.2, 0) is 16.0 Å². The molecule has 1 aromatic carbocycles. The van der Waals surface area contributed by atoms with E-state index >= 15 is 0 Å². The number of aromatic nitrogens is 3. The number of nitrogens with zero attached hydrogens (tertiary/aromatic N) is 4. The largest absolute Gasteiger partial charge is 0.481 e. The maximum absolute atomic E-state index is 12.7. The molecule has 1 saturated heterocycles. The summed E-state index contributed by atoms with van der Waals surface area (Å²) in [5, 5.41) is 17.4. The predicted octanol–water partition coefficient (Wildman–Crippen LogP) is 1.54. The van der Waals surface area contributed by atoms with Crippen LogP contribution in [0, 0.1) is 6.92 Å². The fraction of sp³-hybridized carbons (Fsp3) is 0.412. The van der Waals surface area contributed by atoms with Crippen molar-refractivity contribution >= 4 is 23.6 Å². The highest BCUT2D eigenvalue weighted by molar-refractivity contribution is 7.99. The number of hydrogen-bond donors (Lipinski definition) is 1. The molecular weight excluding hydrogens is 340 g/mol. The Bertz CT molecular complexity index is 763. The van der Waals surface area contributed by atoms with Gasteiger partial charge in [0.1, 0.15) is 0 Å². The average molecular weight is 360 g/mol. The van der Waals surface area contributed by atoms with Gasteiger partial charge in [0.05, 0.1) is 36.0 Å². The second-order valence-electron chi connectivity index (χ2n) is 5.96. The molecule has 1 aromatic heterocycles. The van der Waals surface area contributed by atoms with E-state index < -0.39 is 5.97 Å². The van der Waals surface area contributed by atoms with Crippen LogP contribution < -0.4 is 0 Å². The van der Waals surface area contributed by atoms with Gasteiger partial charge in [0.15, 0.2) is 0 Å². The van der Waals surface area contributed by atoms with Crippen molar-refractivity contribution in [3.8, 4) is 5.69 Å². The summed E-state index contributed by atoms with van der Waals surface area (Å²) in [6.07, 6.45) is 0.119. The average Bonchev–Trinajstić information content (AvgIpc) is 2.96. The molecule has 1 atom stereocenters. The summed E-state index contributed by atoms with van der Waals surface area (Å²) in [4.78, 5) is 25.4. The molecule has 1 unspecified atom stereocenters. The first kappa shape index (κ1) is 17.5. The normalized spacial score (nSPS) is 17.5. The van der Waals surface area contributed by atoms with Crippen molar-refractivity contribution < 1.29 is 14.7 Å². The van der Waals surface area contributed by atoms with Gasteiger partial charge >= 0.3 is 5.97 Å². The molecule has 8 heteroatoms. The summed E-state index contributed by atoms with van der Waals surface area (Å²) in [6, 6.07) is 9.37. The summed E-state index contributed by atoms with van der Waals surface area (Å²) >= 11 is 1.69. The van der Waals surface area contributed by atoms with Gasteiger partial charge in [0, 0.05) is 18.1 Å². The fourth-order valence-electron chi connectivity index (χ4n) is 2.94. The topological polar surface area (TPSA) is 88.3 Å². The number of carbonyl (C=O) groups excluding carboxylic acids is 1. The van der Waals surface area contributed by atoms with Crippen LogP contribution in [0.15, 0.2) is 30.3 Å². The van der Waals surface area contributed by atoms with Crippen molar-refractivity contribution in [2.24, 2.45) is 0 Å². The van der Waals surface area contributed by atoms with E-state index in [1.807, 2.05) is 37.3 Å². The Morgan fingerprint density at radius 2 is 2.08 bits per heavy atom. The maximum Gasteiger partial charge on any atom is 0.305 e. The third kappa shape index (κ3) is 4.01. The van der Waals surface area contributed by atoms with E-state index in [0.29, 0.717) is 18.0 Å². The molecule has 25 heavy (non-hydrogen) atoms. The number of rotatable bonds is 5. The molecule has 7 nitrogen and oxygen atoms in total. The van der Waals surface area contributed by atoms with E-state index in [1.165, 1.54) is 0 Å². The zero-order valence-corrected chi connectivity index (χ0v) is 14.8. The molecule has 0 aliphatic carbocycles. The molecule has 0 spiro atoms. The number of carbonyl (C=O) groups is 2. The van der Waals surface area contributed by atoms with Crippen LogP contribution in [0.2, 0.25) is 0 Å². The predicted molar refractivity (Wildman–Crippen MR) is 94.9 cm³/mol. The minimum atomic E-state index is -0.878. The minimum Gasteiger partial charge on any atom is -0.481 e.